The largest absolute Gasteiger partial charge is 0.326 e. The van der Waals surface area contributed by atoms with E-state index in [-0.39, 0.29) is 30.6 Å². The molecule has 9 heteroatoms. The van der Waals surface area contributed by atoms with Gasteiger partial charge in [-0.1, -0.05) is 0 Å². The minimum atomic E-state index is -0.751. The van der Waals surface area contributed by atoms with Gasteiger partial charge in [-0.05, 0) is 6.07 Å². The molecule has 1 saturated heterocycles. The van der Waals surface area contributed by atoms with Crippen LogP contribution >= 0.6 is 0 Å². The van der Waals surface area contributed by atoms with Crippen LogP contribution in [0.5, 0.6) is 0 Å². The second-order valence-corrected chi connectivity index (χ2v) is 4.16. The molecular formula is C10H10N4O5. The van der Waals surface area contributed by atoms with Crippen molar-refractivity contribution >= 4 is 23.0 Å². The van der Waals surface area contributed by atoms with E-state index in [4.69, 9.17) is 5.73 Å². The molecule has 0 spiro atoms. The molecule has 1 aromatic rings. The minimum Gasteiger partial charge on any atom is -0.326 e. The van der Waals surface area contributed by atoms with E-state index in [9.17, 15) is 25.0 Å². The summed E-state index contributed by atoms with van der Waals surface area (Å²) in [5, 5.41) is 21.6. The van der Waals surface area contributed by atoms with Gasteiger partial charge in [-0.2, -0.15) is 0 Å². The van der Waals surface area contributed by atoms with Gasteiger partial charge in [0, 0.05) is 25.1 Å². The van der Waals surface area contributed by atoms with E-state index in [1.54, 1.807) is 0 Å². The van der Waals surface area contributed by atoms with E-state index in [0.29, 0.717) is 0 Å². The van der Waals surface area contributed by atoms with Gasteiger partial charge in [-0.15, -0.1) is 0 Å². The first-order valence-corrected chi connectivity index (χ1v) is 5.39. The average molecular weight is 266 g/mol. The molecule has 19 heavy (non-hydrogen) atoms. The zero-order chi connectivity index (χ0) is 14.2. The molecule has 0 saturated carbocycles. The Kier molecular flexibility index (Phi) is 3.13. The van der Waals surface area contributed by atoms with Crippen molar-refractivity contribution in [1.29, 1.82) is 0 Å². The number of non-ortho nitro benzene ring substituents is 1. The van der Waals surface area contributed by atoms with Gasteiger partial charge in [-0.25, -0.2) is 0 Å². The fourth-order valence-electron chi connectivity index (χ4n) is 1.97. The van der Waals surface area contributed by atoms with Gasteiger partial charge >= 0.3 is 0 Å². The predicted octanol–water partition coefficient (Wildman–Crippen LogP) is 0.567. The number of anilines is 1. The molecule has 2 N–H and O–H groups in total. The van der Waals surface area contributed by atoms with Crippen LogP contribution < -0.4 is 10.6 Å². The molecule has 9 nitrogen and oxygen atoms in total. The second-order valence-electron chi connectivity index (χ2n) is 4.16. The third-order valence-corrected chi connectivity index (χ3v) is 2.81. The van der Waals surface area contributed by atoms with Gasteiger partial charge in [0.05, 0.1) is 15.9 Å². The molecule has 1 amide bonds. The first-order valence-electron chi connectivity index (χ1n) is 5.39. The summed E-state index contributed by atoms with van der Waals surface area (Å²) in [6, 6.07) is 2.78. The zero-order valence-electron chi connectivity index (χ0n) is 9.68. The number of benzene rings is 1. The summed E-state index contributed by atoms with van der Waals surface area (Å²) in [6.45, 7) is 0.164. The van der Waals surface area contributed by atoms with Crippen molar-refractivity contribution in [2.24, 2.45) is 5.73 Å². The monoisotopic (exact) mass is 266 g/mol. The second kappa shape index (κ2) is 4.61. The maximum Gasteiger partial charge on any atom is 0.299 e. The summed E-state index contributed by atoms with van der Waals surface area (Å²) < 4.78 is 0. The maximum atomic E-state index is 11.7. The van der Waals surface area contributed by atoms with Crippen LogP contribution in [0.1, 0.15) is 6.42 Å². The Hall–Kier alpha value is -2.55. The standard InChI is InChI=1S/C10H10N4O5/c11-6-3-10(15)12(5-6)8-2-1-7(13(16)17)4-9(8)14(18)19/h1-2,4,6H,3,5,11H2. The summed E-state index contributed by atoms with van der Waals surface area (Å²) in [7, 11) is 0. The highest BCUT2D eigenvalue weighted by Gasteiger charge is 2.33. The number of amides is 1. The van der Waals surface area contributed by atoms with Gasteiger partial charge in [0.25, 0.3) is 11.4 Å². The van der Waals surface area contributed by atoms with Crippen LogP contribution in [0.3, 0.4) is 0 Å². The highest BCUT2D eigenvalue weighted by atomic mass is 16.6. The van der Waals surface area contributed by atoms with Crippen LogP contribution in [0.4, 0.5) is 17.1 Å². The maximum absolute atomic E-state index is 11.7. The van der Waals surface area contributed by atoms with Crippen molar-refractivity contribution in [3.05, 3.63) is 38.4 Å². The summed E-state index contributed by atoms with van der Waals surface area (Å²) >= 11 is 0. The molecule has 1 unspecified atom stereocenters. The lowest BCUT2D eigenvalue weighted by Crippen LogP contribution is -2.28. The number of carbonyl (C=O) groups is 1. The van der Waals surface area contributed by atoms with E-state index in [1.807, 2.05) is 0 Å². The molecule has 0 aliphatic carbocycles. The highest BCUT2D eigenvalue weighted by molar-refractivity contribution is 5.98. The molecule has 1 fully saturated rings. The van der Waals surface area contributed by atoms with Crippen LogP contribution in [0.2, 0.25) is 0 Å². The first-order chi connectivity index (χ1) is 8.90. The zero-order valence-corrected chi connectivity index (χ0v) is 9.68. The quantitative estimate of drug-likeness (QED) is 0.627. The molecular weight excluding hydrogens is 256 g/mol. The number of hydrogen-bond donors (Lipinski definition) is 1. The van der Waals surface area contributed by atoms with Gasteiger partial charge in [0.15, 0.2) is 0 Å². The van der Waals surface area contributed by atoms with Crippen molar-refractivity contribution in [2.45, 2.75) is 12.5 Å². The van der Waals surface area contributed by atoms with Crippen LogP contribution in [0.25, 0.3) is 0 Å². The number of nitrogens with zero attached hydrogens (tertiary/aromatic N) is 3. The summed E-state index contributed by atoms with van der Waals surface area (Å²) in [5.41, 5.74) is 4.78. The van der Waals surface area contributed by atoms with Crippen LogP contribution in [-0.4, -0.2) is 28.3 Å². The molecule has 2 rings (SSSR count). The molecule has 1 aliphatic heterocycles. The third kappa shape index (κ3) is 2.36. The van der Waals surface area contributed by atoms with Crippen molar-refractivity contribution in [2.75, 3.05) is 11.4 Å². The molecule has 1 heterocycles. The minimum absolute atomic E-state index is 0.0357. The molecule has 100 valence electrons. The molecule has 0 aromatic heterocycles. The normalized spacial score (nSPS) is 18.7. The Labute approximate surface area is 106 Å². The van der Waals surface area contributed by atoms with Crippen molar-refractivity contribution < 1.29 is 14.6 Å². The topological polar surface area (TPSA) is 133 Å². The van der Waals surface area contributed by atoms with Crippen molar-refractivity contribution in [1.82, 2.24) is 0 Å². The van der Waals surface area contributed by atoms with E-state index >= 15 is 0 Å². The number of hydrogen-bond acceptors (Lipinski definition) is 6. The van der Waals surface area contributed by atoms with E-state index < -0.39 is 21.2 Å². The number of carbonyl (C=O) groups excluding carboxylic acids is 1. The van der Waals surface area contributed by atoms with Crippen LogP contribution in [-0.2, 0) is 4.79 Å². The van der Waals surface area contributed by atoms with Gasteiger partial charge < -0.3 is 10.6 Å². The summed E-state index contributed by atoms with van der Waals surface area (Å²) in [4.78, 5) is 32.9. The predicted molar refractivity (Wildman–Crippen MR) is 64.7 cm³/mol. The first kappa shape index (κ1) is 12.9. The fraction of sp³-hybridized carbons (Fsp3) is 0.300. The fourth-order valence-corrected chi connectivity index (χ4v) is 1.97. The van der Waals surface area contributed by atoms with Crippen LogP contribution in [0.15, 0.2) is 18.2 Å². The average Bonchev–Trinajstić information content (AvgIpc) is 2.67. The van der Waals surface area contributed by atoms with E-state index in [1.165, 1.54) is 11.0 Å². The molecule has 1 aliphatic rings. The Morgan fingerprint density at radius 3 is 2.42 bits per heavy atom. The van der Waals surface area contributed by atoms with Crippen molar-refractivity contribution in [3.8, 4) is 0 Å². The van der Waals surface area contributed by atoms with Gasteiger partial charge in [0.2, 0.25) is 5.91 Å². The summed E-state index contributed by atoms with van der Waals surface area (Å²) in [5.74, 6) is -0.329. The number of nitrogens with two attached hydrogens (primary N) is 1. The number of nitro benzene ring substituents is 2. The Morgan fingerprint density at radius 1 is 1.26 bits per heavy atom. The third-order valence-electron chi connectivity index (χ3n) is 2.81. The highest BCUT2D eigenvalue weighted by Crippen LogP contribution is 2.34. The smallest absolute Gasteiger partial charge is 0.299 e. The van der Waals surface area contributed by atoms with Gasteiger partial charge in [-0.3, -0.25) is 25.0 Å². The van der Waals surface area contributed by atoms with E-state index in [0.717, 1.165) is 12.1 Å². The molecule has 0 radical (unpaired) electrons. The van der Waals surface area contributed by atoms with Crippen LogP contribution in [0, 0.1) is 20.2 Å². The van der Waals surface area contributed by atoms with Crippen molar-refractivity contribution in [3.63, 3.8) is 0 Å². The van der Waals surface area contributed by atoms with E-state index in [2.05, 4.69) is 0 Å². The summed E-state index contributed by atoms with van der Waals surface area (Å²) in [6.07, 6.45) is 0.105. The Morgan fingerprint density at radius 2 is 1.95 bits per heavy atom. The number of nitro groups is 2. The van der Waals surface area contributed by atoms with Gasteiger partial charge in [0.1, 0.15) is 5.69 Å². The molecule has 0 bridgehead atoms. The number of rotatable bonds is 3. The Bertz CT molecular complexity index is 573. The lowest BCUT2D eigenvalue weighted by Gasteiger charge is -2.15. The SMILES string of the molecule is NC1CC(=O)N(c2ccc([N+](=O)[O-])cc2[N+](=O)[O-])C1. The Balaban J connectivity index is 2.48. The lowest BCUT2D eigenvalue weighted by molar-refractivity contribution is -0.393. The molecule has 1 atom stereocenters. The molecule has 1 aromatic carbocycles. The lowest BCUT2D eigenvalue weighted by atomic mass is 10.2.